The molecule has 3 nitrogen and oxygen atoms in total. The van der Waals surface area contributed by atoms with Gasteiger partial charge in [0.25, 0.3) is 0 Å². The molecule has 2 aromatic heterocycles. The van der Waals surface area contributed by atoms with Crippen molar-refractivity contribution in [3.8, 4) is 11.3 Å². The van der Waals surface area contributed by atoms with E-state index < -0.39 is 0 Å². The number of nitrogens with zero attached hydrogens (tertiary/aromatic N) is 3. The summed E-state index contributed by atoms with van der Waals surface area (Å²) < 4.78 is 15.5. The van der Waals surface area contributed by atoms with E-state index in [1.807, 2.05) is 54.9 Å². The van der Waals surface area contributed by atoms with E-state index in [0.717, 1.165) is 27.9 Å². The van der Waals surface area contributed by atoms with E-state index in [1.54, 1.807) is 13.1 Å². The molecule has 0 amide bonds. The van der Waals surface area contributed by atoms with Gasteiger partial charge in [-0.25, -0.2) is 9.37 Å². The lowest BCUT2D eigenvalue weighted by Gasteiger charge is -2.07. The second-order valence-electron chi connectivity index (χ2n) is 5.85. The monoisotopic (exact) mass is 317 g/mol. The molecule has 0 unspecified atom stereocenters. The van der Waals surface area contributed by atoms with E-state index in [1.165, 1.54) is 6.07 Å². The maximum atomic E-state index is 13.4. The maximum absolute atomic E-state index is 13.4. The largest absolute Gasteiger partial charge is 0.326 e. The molecule has 0 saturated carbocycles. The van der Waals surface area contributed by atoms with Gasteiger partial charge in [-0.05, 0) is 30.2 Å². The third-order valence-corrected chi connectivity index (χ3v) is 4.16. The number of aryl methyl sites for hydroxylation is 1. The van der Waals surface area contributed by atoms with Gasteiger partial charge in [0.05, 0.1) is 17.5 Å². The van der Waals surface area contributed by atoms with Crippen molar-refractivity contribution < 1.29 is 4.39 Å². The molecular formula is C20H16FN3. The van der Waals surface area contributed by atoms with Crippen molar-refractivity contribution in [2.24, 2.45) is 0 Å². The lowest BCUT2D eigenvalue weighted by atomic mass is 10.1. The number of benzene rings is 2. The SMILES string of the molecule is Cc1cc(Cn2cnc3c(-c4ccccc4)nccc32)ccc1F. The van der Waals surface area contributed by atoms with E-state index in [-0.39, 0.29) is 5.82 Å². The Kier molecular flexibility index (Phi) is 3.58. The van der Waals surface area contributed by atoms with Gasteiger partial charge in [0.2, 0.25) is 0 Å². The van der Waals surface area contributed by atoms with Crippen molar-refractivity contribution in [3.05, 3.63) is 84.1 Å². The highest BCUT2D eigenvalue weighted by Gasteiger charge is 2.10. The molecule has 0 atom stereocenters. The number of pyridine rings is 1. The van der Waals surface area contributed by atoms with Gasteiger partial charge in [-0.15, -0.1) is 0 Å². The molecule has 0 bridgehead atoms. The van der Waals surface area contributed by atoms with Gasteiger partial charge in [0.1, 0.15) is 11.3 Å². The number of hydrogen-bond donors (Lipinski definition) is 0. The quantitative estimate of drug-likeness (QED) is 0.553. The molecule has 0 spiro atoms. The van der Waals surface area contributed by atoms with Crippen LogP contribution in [0.3, 0.4) is 0 Å². The molecular weight excluding hydrogens is 301 g/mol. The minimum Gasteiger partial charge on any atom is -0.326 e. The van der Waals surface area contributed by atoms with Crippen LogP contribution in [0.1, 0.15) is 11.1 Å². The highest BCUT2D eigenvalue weighted by Crippen LogP contribution is 2.25. The van der Waals surface area contributed by atoms with Crippen molar-refractivity contribution in [2.45, 2.75) is 13.5 Å². The topological polar surface area (TPSA) is 30.7 Å². The maximum Gasteiger partial charge on any atom is 0.126 e. The third kappa shape index (κ3) is 2.56. The van der Waals surface area contributed by atoms with Gasteiger partial charge >= 0.3 is 0 Å². The molecule has 24 heavy (non-hydrogen) atoms. The molecule has 2 aromatic carbocycles. The second-order valence-corrected chi connectivity index (χ2v) is 5.85. The van der Waals surface area contributed by atoms with Crippen molar-refractivity contribution in [1.82, 2.24) is 14.5 Å². The number of fused-ring (bicyclic) bond motifs is 1. The lowest BCUT2D eigenvalue weighted by Crippen LogP contribution is -1.99. The van der Waals surface area contributed by atoms with Crippen LogP contribution in [0.25, 0.3) is 22.3 Å². The Morgan fingerprint density at radius 2 is 1.83 bits per heavy atom. The second kappa shape index (κ2) is 5.89. The molecule has 0 aliphatic heterocycles. The molecule has 0 saturated heterocycles. The van der Waals surface area contributed by atoms with Gasteiger partial charge in [-0.1, -0.05) is 42.5 Å². The van der Waals surface area contributed by atoms with Crippen molar-refractivity contribution in [2.75, 3.05) is 0 Å². The van der Waals surface area contributed by atoms with Crippen LogP contribution in [-0.4, -0.2) is 14.5 Å². The smallest absolute Gasteiger partial charge is 0.126 e. The molecule has 4 heteroatoms. The first-order valence-electron chi connectivity index (χ1n) is 7.82. The van der Waals surface area contributed by atoms with Gasteiger partial charge < -0.3 is 4.57 Å². The van der Waals surface area contributed by atoms with Crippen molar-refractivity contribution >= 4 is 11.0 Å². The zero-order valence-corrected chi connectivity index (χ0v) is 13.3. The highest BCUT2D eigenvalue weighted by atomic mass is 19.1. The summed E-state index contributed by atoms with van der Waals surface area (Å²) in [6.45, 7) is 2.43. The van der Waals surface area contributed by atoms with Crippen LogP contribution >= 0.6 is 0 Å². The predicted octanol–water partition coefficient (Wildman–Crippen LogP) is 4.59. The lowest BCUT2D eigenvalue weighted by molar-refractivity contribution is 0.617. The van der Waals surface area contributed by atoms with Crippen LogP contribution in [0, 0.1) is 12.7 Å². The van der Waals surface area contributed by atoms with Gasteiger partial charge in [-0.3, -0.25) is 4.98 Å². The molecule has 0 aliphatic rings. The van der Waals surface area contributed by atoms with E-state index >= 15 is 0 Å². The standard InChI is InChI=1S/C20H16FN3/c1-14-11-15(7-8-17(14)21)12-24-13-23-20-18(24)9-10-22-19(20)16-5-3-2-4-6-16/h2-11,13H,12H2,1H3. The van der Waals surface area contributed by atoms with E-state index in [2.05, 4.69) is 14.5 Å². The number of halogens is 1. The Labute approximate surface area is 139 Å². The van der Waals surface area contributed by atoms with E-state index in [4.69, 9.17) is 0 Å². The first kappa shape index (κ1) is 14.6. The first-order valence-corrected chi connectivity index (χ1v) is 7.82. The third-order valence-electron chi connectivity index (χ3n) is 4.16. The summed E-state index contributed by atoms with van der Waals surface area (Å²) in [6.07, 6.45) is 3.62. The van der Waals surface area contributed by atoms with E-state index in [9.17, 15) is 4.39 Å². The number of aromatic nitrogens is 3. The van der Waals surface area contributed by atoms with Crippen LogP contribution < -0.4 is 0 Å². The molecule has 0 aliphatic carbocycles. The van der Waals surface area contributed by atoms with Crippen LogP contribution in [0.5, 0.6) is 0 Å². The molecule has 0 radical (unpaired) electrons. The zero-order chi connectivity index (χ0) is 16.5. The Balaban J connectivity index is 1.77. The van der Waals surface area contributed by atoms with E-state index in [0.29, 0.717) is 12.1 Å². The van der Waals surface area contributed by atoms with Crippen molar-refractivity contribution in [1.29, 1.82) is 0 Å². The van der Waals surface area contributed by atoms with Crippen LogP contribution in [-0.2, 0) is 6.54 Å². The first-order chi connectivity index (χ1) is 11.7. The molecule has 4 rings (SSSR count). The molecule has 4 aromatic rings. The summed E-state index contributed by atoms with van der Waals surface area (Å²) in [5.74, 6) is -0.176. The minimum absolute atomic E-state index is 0.176. The summed E-state index contributed by atoms with van der Waals surface area (Å²) in [6, 6.07) is 17.2. The summed E-state index contributed by atoms with van der Waals surface area (Å²) in [7, 11) is 0. The average Bonchev–Trinajstić information content (AvgIpc) is 3.02. The van der Waals surface area contributed by atoms with Crippen LogP contribution in [0.15, 0.2) is 67.1 Å². The summed E-state index contributed by atoms with van der Waals surface area (Å²) in [4.78, 5) is 9.06. The molecule has 0 fully saturated rings. The molecule has 0 N–H and O–H groups in total. The molecule has 118 valence electrons. The van der Waals surface area contributed by atoms with Crippen molar-refractivity contribution in [3.63, 3.8) is 0 Å². The normalized spacial score (nSPS) is 11.1. The van der Waals surface area contributed by atoms with Gasteiger partial charge in [0, 0.05) is 18.3 Å². The average molecular weight is 317 g/mol. The Morgan fingerprint density at radius 3 is 2.62 bits per heavy atom. The fraction of sp³-hybridized carbons (Fsp3) is 0.100. The Hall–Kier alpha value is -3.01. The number of hydrogen-bond acceptors (Lipinski definition) is 2. The zero-order valence-electron chi connectivity index (χ0n) is 13.3. The predicted molar refractivity (Wildman–Crippen MR) is 93.2 cm³/mol. The minimum atomic E-state index is -0.176. The van der Waals surface area contributed by atoms with Gasteiger partial charge in [0.15, 0.2) is 0 Å². The van der Waals surface area contributed by atoms with Gasteiger partial charge in [-0.2, -0.15) is 0 Å². The highest BCUT2D eigenvalue weighted by molar-refractivity contribution is 5.89. The van der Waals surface area contributed by atoms with Crippen LogP contribution in [0.4, 0.5) is 4.39 Å². The summed E-state index contributed by atoms with van der Waals surface area (Å²) in [5.41, 5.74) is 5.52. The summed E-state index contributed by atoms with van der Waals surface area (Å²) in [5, 5.41) is 0. The number of rotatable bonds is 3. The van der Waals surface area contributed by atoms with Crippen LogP contribution in [0.2, 0.25) is 0 Å². The fourth-order valence-corrected chi connectivity index (χ4v) is 2.93. The number of imidazole rings is 1. The summed E-state index contributed by atoms with van der Waals surface area (Å²) >= 11 is 0. The Bertz CT molecular complexity index is 1010. The Morgan fingerprint density at radius 1 is 1.00 bits per heavy atom. The fourth-order valence-electron chi connectivity index (χ4n) is 2.93. The molecule has 2 heterocycles.